The Balaban J connectivity index is 2.75. The quantitative estimate of drug-likeness (QED) is 0.607. The number of rotatable bonds is 4. The Bertz CT molecular complexity index is 341. The molecular weight excluding hydrogens is 210 g/mol. The Kier molecular flexibility index (Phi) is 4.49. The molecule has 0 aliphatic heterocycles. The number of carbonyl (C=O) groups is 1. The summed E-state index contributed by atoms with van der Waals surface area (Å²) < 4.78 is 4.66. The van der Waals surface area contributed by atoms with E-state index in [-0.39, 0.29) is 5.97 Å². The van der Waals surface area contributed by atoms with Crippen LogP contribution in [0.5, 0.6) is 0 Å². The molecule has 0 spiro atoms. The van der Waals surface area contributed by atoms with Crippen molar-refractivity contribution in [3.8, 4) is 0 Å². The lowest BCUT2D eigenvalue weighted by molar-refractivity contribution is -0.140. The lowest BCUT2D eigenvalue weighted by Gasteiger charge is -2.16. The highest BCUT2D eigenvalue weighted by Crippen LogP contribution is 2.15. The van der Waals surface area contributed by atoms with Crippen LogP contribution in [-0.2, 0) is 9.53 Å². The zero-order valence-electron chi connectivity index (χ0n) is 8.86. The van der Waals surface area contributed by atoms with Gasteiger partial charge in [-0.15, -0.1) is 0 Å². The summed E-state index contributed by atoms with van der Waals surface area (Å²) in [6, 6.07) is 7.37. The van der Waals surface area contributed by atoms with Crippen LogP contribution in [0.15, 0.2) is 24.3 Å². The molecule has 1 atom stereocenters. The van der Waals surface area contributed by atoms with E-state index in [4.69, 9.17) is 0 Å². The van der Waals surface area contributed by atoms with E-state index in [0.717, 1.165) is 11.3 Å². The highest BCUT2D eigenvalue weighted by atomic mass is 32.1. The van der Waals surface area contributed by atoms with Crippen molar-refractivity contribution in [3.05, 3.63) is 29.8 Å². The van der Waals surface area contributed by atoms with E-state index in [1.165, 1.54) is 7.11 Å². The number of nitrogens with one attached hydrogen (secondary N) is 1. The Morgan fingerprint density at radius 1 is 1.53 bits per heavy atom. The average Bonchev–Trinajstić information content (AvgIpc) is 2.27. The van der Waals surface area contributed by atoms with Gasteiger partial charge < -0.3 is 10.1 Å². The van der Waals surface area contributed by atoms with Crippen LogP contribution in [-0.4, -0.2) is 24.9 Å². The number of para-hydroxylation sites is 1. The summed E-state index contributed by atoms with van der Waals surface area (Å²) >= 11 is 4.11. The van der Waals surface area contributed by atoms with Crippen molar-refractivity contribution < 1.29 is 9.53 Å². The van der Waals surface area contributed by atoms with Crippen LogP contribution in [0.3, 0.4) is 0 Å². The van der Waals surface area contributed by atoms with Gasteiger partial charge in [-0.3, -0.25) is 0 Å². The molecule has 1 N–H and O–H groups in total. The summed E-state index contributed by atoms with van der Waals surface area (Å²) in [5, 5.41) is 3.10. The molecule has 4 heteroatoms. The van der Waals surface area contributed by atoms with Gasteiger partial charge in [0.1, 0.15) is 6.04 Å². The van der Waals surface area contributed by atoms with Gasteiger partial charge in [0.05, 0.1) is 7.11 Å². The zero-order chi connectivity index (χ0) is 11.3. The van der Waals surface area contributed by atoms with E-state index in [1.807, 2.05) is 31.2 Å². The van der Waals surface area contributed by atoms with E-state index in [1.54, 1.807) is 0 Å². The largest absolute Gasteiger partial charge is 0.467 e. The monoisotopic (exact) mass is 225 g/mol. The Hall–Kier alpha value is -1.16. The molecule has 1 aromatic carbocycles. The maximum absolute atomic E-state index is 11.3. The van der Waals surface area contributed by atoms with Gasteiger partial charge in [0.25, 0.3) is 0 Å². The van der Waals surface area contributed by atoms with Crippen LogP contribution < -0.4 is 5.32 Å². The van der Waals surface area contributed by atoms with E-state index >= 15 is 0 Å². The van der Waals surface area contributed by atoms with E-state index in [2.05, 4.69) is 22.7 Å². The number of hydrogen-bond acceptors (Lipinski definition) is 4. The van der Waals surface area contributed by atoms with E-state index in [0.29, 0.717) is 5.75 Å². The van der Waals surface area contributed by atoms with Crippen LogP contribution in [0.1, 0.15) is 5.56 Å². The average molecular weight is 225 g/mol. The van der Waals surface area contributed by atoms with Crippen molar-refractivity contribution in [2.75, 3.05) is 18.2 Å². The third-order valence-corrected chi connectivity index (χ3v) is 2.51. The number of ether oxygens (including phenoxy) is 1. The summed E-state index contributed by atoms with van der Waals surface area (Å²) in [5.41, 5.74) is 2.02. The number of carbonyl (C=O) groups excluding carboxylic acids is 1. The number of hydrogen-bond donors (Lipinski definition) is 2. The second kappa shape index (κ2) is 5.66. The van der Waals surface area contributed by atoms with Crippen molar-refractivity contribution in [1.82, 2.24) is 0 Å². The van der Waals surface area contributed by atoms with Crippen molar-refractivity contribution in [2.24, 2.45) is 0 Å². The summed E-state index contributed by atoms with van der Waals surface area (Å²) in [6.07, 6.45) is 0. The predicted molar refractivity (Wildman–Crippen MR) is 64.5 cm³/mol. The smallest absolute Gasteiger partial charge is 0.329 e. The molecule has 82 valence electrons. The lowest BCUT2D eigenvalue weighted by Crippen LogP contribution is -2.32. The number of benzene rings is 1. The summed E-state index contributed by atoms with van der Waals surface area (Å²) in [5.74, 6) is 0.106. The molecule has 0 bridgehead atoms. The fourth-order valence-electron chi connectivity index (χ4n) is 1.24. The van der Waals surface area contributed by atoms with Crippen molar-refractivity contribution in [1.29, 1.82) is 0 Å². The third-order valence-electron chi connectivity index (χ3n) is 2.14. The lowest BCUT2D eigenvalue weighted by atomic mass is 10.2. The molecule has 0 amide bonds. The second-order valence-corrected chi connectivity index (χ2v) is 3.58. The van der Waals surface area contributed by atoms with Gasteiger partial charge in [-0.1, -0.05) is 18.2 Å². The van der Waals surface area contributed by atoms with Gasteiger partial charge in [-0.05, 0) is 18.6 Å². The van der Waals surface area contributed by atoms with Gasteiger partial charge in [-0.2, -0.15) is 12.6 Å². The molecule has 1 rings (SSSR count). The zero-order valence-corrected chi connectivity index (χ0v) is 9.75. The molecule has 0 heterocycles. The third kappa shape index (κ3) is 3.16. The van der Waals surface area contributed by atoms with Gasteiger partial charge in [0, 0.05) is 11.4 Å². The molecule has 0 radical (unpaired) electrons. The summed E-state index contributed by atoms with van der Waals surface area (Å²) in [4.78, 5) is 11.3. The maximum Gasteiger partial charge on any atom is 0.329 e. The molecule has 15 heavy (non-hydrogen) atoms. The first-order valence-electron chi connectivity index (χ1n) is 4.70. The molecule has 0 saturated heterocycles. The fourth-order valence-corrected chi connectivity index (χ4v) is 1.48. The molecule has 3 nitrogen and oxygen atoms in total. The number of anilines is 1. The first kappa shape index (κ1) is 11.9. The number of aryl methyl sites for hydroxylation is 1. The number of methoxy groups -OCH3 is 1. The van der Waals surface area contributed by atoms with Gasteiger partial charge >= 0.3 is 5.97 Å². The minimum atomic E-state index is -0.403. The Morgan fingerprint density at radius 3 is 2.73 bits per heavy atom. The summed E-state index contributed by atoms with van der Waals surface area (Å²) in [6.45, 7) is 1.98. The van der Waals surface area contributed by atoms with Crippen LogP contribution in [0, 0.1) is 6.92 Å². The molecular formula is C11H15NO2S. The first-order chi connectivity index (χ1) is 7.19. The number of esters is 1. The first-order valence-corrected chi connectivity index (χ1v) is 5.33. The molecule has 0 saturated carbocycles. The van der Waals surface area contributed by atoms with Crippen LogP contribution in [0.25, 0.3) is 0 Å². The normalized spacial score (nSPS) is 11.9. The minimum absolute atomic E-state index is 0.298. The van der Waals surface area contributed by atoms with Gasteiger partial charge in [0.15, 0.2) is 0 Å². The van der Waals surface area contributed by atoms with Crippen LogP contribution >= 0.6 is 12.6 Å². The highest BCUT2D eigenvalue weighted by molar-refractivity contribution is 7.80. The molecule has 0 aromatic heterocycles. The highest BCUT2D eigenvalue weighted by Gasteiger charge is 2.17. The van der Waals surface area contributed by atoms with E-state index in [9.17, 15) is 4.79 Å². The molecule has 0 aliphatic rings. The van der Waals surface area contributed by atoms with Gasteiger partial charge in [0.2, 0.25) is 0 Å². The molecule has 1 aromatic rings. The maximum atomic E-state index is 11.3. The minimum Gasteiger partial charge on any atom is -0.467 e. The van der Waals surface area contributed by atoms with Crippen LogP contribution in [0.2, 0.25) is 0 Å². The van der Waals surface area contributed by atoms with Crippen molar-refractivity contribution in [2.45, 2.75) is 13.0 Å². The van der Waals surface area contributed by atoms with E-state index < -0.39 is 6.04 Å². The van der Waals surface area contributed by atoms with Crippen molar-refractivity contribution >= 4 is 24.3 Å². The molecule has 0 unspecified atom stereocenters. The number of thiol groups is 1. The molecule has 0 fully saturated rings. The predicted octanol–water partition coefficient (Wildman–Crippen LogP) is 1.88. The Morgan fingerprint density at radius 2 is 2.20 bits per heavy atom. The molecule has 0 aliphatic carbocycles. The SMILES string of the molecule is COC(=O)[C@H](CS)Nc1ccccc1C. The second-order valence-electron chi connectivity index (χ2n) is 3.22. The fraction of sp³-hybridized carbons (Fsp3) is 0.364. The van der Waals surface area contributed by atoms with Gasteiger partial charge in [-0.25, -0.2) is 4.79 Å². The van der Waals surface area contributed by atoms with Crippen molar-refractivity contribution in [3.63, 3.8) is 0 Å². The topological polar surface area (TPSA) is 38.3 Å². The van der Waals surface area contributed by atoms with Crippen LogP contribution in [0.4, 0.5) is 5.69 Å². The Labute approximate surface area is 95.2 Å². The summed E-state index contributed by atoms with van der Waals surface area (Å²) in [7, 11) is 1.37. The standard InChI is InChI=1S/C11H15NO2S/c1-8-5-3-4-6-9(8)12-10(7-15)11(13)14-2/h3-6,10,12,15H,7H2,1-2H3/t10-/m0/s1.